The summed E-state index contributed by atoms with van der Waals surface area (Å²) in [4.78, 5) is 32.2. The number of hydrogen-bond acceptors (Lipinski definition) is 4. The monoisotopic (exact) mass is 401 g/mol. The molecule has 0 aliphatic heterocycles. The largest absolute Gasteiger partial charge is 0.355 e. The Morgan fingerprint density at radius 1 is 1.22 bits per heavy atom. The molecule has 0 spiro atoms. The molecule has 0 aliphatic rings. The Morgan fingerprint density at radius 2 is 1.89 bits per heavy atom. The van der Waals surface area contributed by atoms with Gasteiger partial charge in [0, 0.05) is 34.4 Å². The molecule has 0 fully saturated rings. The maximum absolute atomic E-state index is 13.0. The summed E-state index contributed by atoms with van der Waals surface area (Å²) in [5.41, 5.74) is 3.44. The molecule has 1 atom stereocenters. The van der Waals surface area contributed by atoms with E-state index in [1.54, 1.807) is 13.1 Å². The first-order chi connectivity index (χ1) is 12.8. The molecule has 1 N–H and O–H groups in total. The van der Waals surface area contributed by atoms with E-state index in [9.17, 15) is 9.59 Å². The number of Topliss-reactive ketones (excluding diaryl/α,β-unsaturated/α-hetero) is 2. The van der Waals surface area contributed by atoms with Gasteiger partial charge in [0.15, 0.2) is 16.7 Å². The molecule has 0 saturated heterocycles. The number of halogens is 1. The fraction of sp³-hybridized carbons (Fsp3) is 0.250. The number of imidazole rings is 1. The predicted molar refractivity (Wildman–Crippen MR) is 108 cm³/mol. The van der Waals surface area contributed by atoms with Crippen LogP contribution in [0.15, 0.2) is 41.8 Å². The lowest BCUT2D eigenvalue weighted by Gasteiger charge is -2.12. The number of benzene rings is 1. The molecule has 0 saturated carbocycles. The van der Waals surface area contributed by atoms with Crippen molar-refractivity contribution in [3.63, 3.8) is 0 Å². The molecule has 1 unspecified atom stereocenters. The minimum absolute atomic E-state index is 0.0427. The second-order valence-electron chi connectivity index (χ2n) is 6.36. The number of carbonyl (C=O) groups excluding carboxylic acids is 2. The standard InChI is InChI=1S/C20H20ClN3O2S/c1-11-17(13(3)25)12(2)23-18(11)19(26)14(4)27-20-22-9-10-24(20)16-7-5-15(21)6-8-16/h5-10,14,23H,1-4H3. The minimum Gasteiger partial charge on any atom is -0.355 e. The highest BCUT2D eigenvalue weighted by Crippen LogP contribution is 2.29. The van der Waals surface area contributed by atoms with Gasteiger partial charge < -0.3 is 4.98 Å². The van der Waals surface area contributed by atoms with E-state index in [4.69, 9.17) is 11.6 Å². The third-order valence-electron chi connectivity index (χ3n) is 4.40. The van der Waals surface area contributed by atoms with Gasteiger partial charge in [-0.3, -0.25) is 14.2 Å². The summed E-state index contributed by atoms with van der Waals surface area (Å²) in [6.07, 6.45) is 3.55. The number of aryl methyl sites for hydroxylation is 1. The molecule has 0 radical (unpaired) electrons. The lowest BCUT2D eigenvalue weighted by Crippen LogP contribution is -2.16. The summed E-state index contributed by atoms with van der Waals surface area (Å²) in [7, 11) is 0. The van der Waals surface area contributed by atoms with Crippen LogP contribution in [-0.4, -0.2) is 31.4 Å². The second kappa shape index (κ2) is 7.74. The number of H-pyrrole nitrogens is 1. The Balaban J connectivity index is 1.85. The Bertz CT molecular complexity index is 1000. The van der Waals surface area contributed by atoms with E-state index >= 15 is 0 Å². The number of carbonyl (C=O) groups is 2. The number of hydrogen-bond donors (Lipinski definition) is 1. The lowest BCUT2D eigenvalue weighted by atomic mass is 10.0. The van der Waals surface area contributed by atoms with E-state index in [2.05, 4.69) is 9.97 Å². The summed E-state index contributed by atoms with van der Waals surface area (Å²) in [5, 5.41) is 1.01. The van der Waals surface area contributed by atoms with Gasteiger partial charge in [-0.05, 0) is 57.5 Å². The molecule has 1 aromatic carbocycles. The van der Waals surface area contributed by atoms with Crippen LogP contribution in [0.4, 0.5) is 0 Å². The Hall–Kier alpha value is -2.31. The van der Waals surface area contributed by atoms with E-state index in [-0.39, 0.29) is 16.8 Å². The number of nitrogens with one attached hydrogen (secondary N) is 1. The van der Waals surface area contributed by atoms with Gasteiger partial charge in [0.25, 0.3) is 0 Å². The van der Waals surface area contributed by atoms with Gasteiger partial charge in [-0.25, -0.2) is 4.98 Å². The average Bonchev–Trinajstić information content (AvgIpc) is 3.18. The van der Waals surface area contributed by atoms with Crippen molar-refractivity contribution in [1.29, 1.82) is 0 Å². The zero-order chi connectivity index (χ0) is 19.7. The van der Waals surface area contributed by atoms with E-state index in [0.717, 1.165) is 11.4 Å². The zero-order valence-electron chi connectivity index (χ0n) is 15.5. The molecular formula is C20H20ClN3O2S. The zero-order valence-corrected chi connectivity index (χ0v) is 17.1. The first-order valence-corrected chi connectivity index (χ1v) is 9.75. The van der Waals surface area contributed by atoms with Crippen molar-refractivity contribution < 1.29 is 9.59 Å². The number of nitrogens with zero attached hydrogens (tertiary/aromatic N) is 2. The maximum Gasteiger partial charge on any atom is 0.192 e. The van der Waals surface area contributed by atoms with E-state index in [1.165, 1.54) is 18.7 Å². The minimum atomic E-state index is -0.366. The highest BCUT2D eigenvalue weighted by Gasteiger charge is 2.25. The Kier molecular flexibility index (Phi) is 5.58. The van der Waals surface area contributed by atoms with Crippen molar-refractivity contribution in [3.05, 3.63) is 64.2 Å². The molecule has 7 heteroatoms. The van der Waals surface area contributed by atoms with Gasteiger partial charge in [0.05, 0.1) is 10.9 Å². The van der Waals surface area contributed by atoms with E-state index in [0.29, 0.717) is 27.0 Å². The van der Waals surface area contributed by atoms with Gasteiger partial charge in [0.1, 0.15) is 0 Å². The first kappa shape index (κ1) is 19.5. The smallest absolute Gasteiger partial charge is 0.192 e. The van der Waals surface area contributed by atoms with Crippen LogP contribution in [-0.2, 0) is 0 Å². The number of rotatable bonds is 6. The summed E-state index contributed by atoms with van der Waals surface area (Å²) in [6, 6.07) is 7.43. The Labute approximate surface area is 167 Å². The van der Waals surface area contributed by atoms with Gasteiger partial charge in [-0.1, -0.05) is 23.4 Å². The molecule has 3 rings (SSSR count). The molecule has 5 nitrogen and oxygen atoms in total. The van der Waals surface area contributed by atoms with Crippen molar-refractivity contribution in [2.45, 2.75) is 38.1 Å². The third-order valence-corrected chi connectivity index (χ3v) is 5.73. The van der Waals surface area contributed by atoms with Crippen LogP contribution in [0.25, 0.3) is 5.69 Å². The number of aromatic amines is 1. The van der Waals surface area contributed by atoms with Crippen LogP contribution < -0.4 is 0 Å². The van der Waals surface area contributed by atoms with Gasteiger partial charge in [0.2, 0.25) is 0 Å². The number of thioether (sulfide) groups is 1. The van der Waals surface area contributed by atoms with Gasteiger partial charge in [-0.15, -0.1) is 0 Å². The third kappa shape index (κ3) is 3.87. The topological polar surface area (TPSA) is 67.8 Å². The molecule has 27 heavy (non-hydrogen) atoms. The number of ketones is 2. The van der Waals surface area contributed by atoms with E-state index < -0.39 is 0 Å². The SMILES string of the molecule is CC(=O)c1c(C)[nH]c(C(=O)C(C)Sc2nccn2-c2ccc(Cl)cc2)c1C. The number of aromatic nitrogens is 3. The molecule has 0 bridgehead atoms. The molecule has 140 valence electrons. The fourth-order valence-corrected chi connectivity index (χ4v) is 4.18. The van der Waals surface area contributed by atoms with Crippen molar-refractivity contribution in [3.8, 4) is 5.69 Å². The highest BCUT2D eigenvalue weighted by atomic mass is 35.5. The van der Waals surface area contributed by atoms with Crippen molar-refractivity contribution in [1.82, 2.24) is 14.5 Å². The molecule has 0 aliphatic carbocycles. The fourth-order valence-electron chi connectivity index (χ4n) is 3.11. The van der Waals surface area contributed by atoms with Gasteiger partial charge >= 0.3 is 0 Å². The van der Waals surface area contributed by atoms with Gasteiger partial charge in [-0.2, -0.15) is 0 Å². The summed E-state index contributed by atoms with van der Waals surface area (Å²) >= 11 is 7.33. The molecular weight excluding hydrogens is 382 g/mol. The second-order valence-corrected chi connectivity index (χ2v) is 8.11. The quantitative estimate of drug-likeness (QED) is 0.464. The maximum atomic E-state index is 13.0. The average molecular weight is 402 g/mol. The van der Waals surface area contributed by atoms with Crippen molar-refractivity contribution in [2.75, 3.05) is 0 Å². The Morgan fingerprint density at radius 3 is 2.48 bits per heavy atom. The molecule has 3 aromatic rings. The normalized spacial score (nSPS) is 12.2. The van der Waals surface area contributed by atoms with Crippen LogP contribution in [0.1, 0.15) is 46.0 Å². The summed E-state index contributed by atoms with van der Waals surface area (Å²) < 4.78 is 1.92. The van der Waals surface area contributed by atoms with Crippen LogP contribution >= 0.6 is 23.4 Å². The van der Waals surface area contributed by atoms with Crippen LogP contribution in [0.2, 0.25) is 5.02 Å². The molecule has 0 amide bonds. The van der Waals surface area contributed by atoms with Crippen molar-refractivity contribution >= 4 is 34.9 Å². The molecule has 2 heterocycles. The summed E-state index contributed by atoms with van der Waals surface area (Å²) in [5.74, 6) is -0.0994. The van der Waals surface area contributed by atoms with Crippen molar-refractivity contribution in [2.24, 2.45) is 0 Å². The van der Waals surface area contributed by atoms with Crippen LogP contribution in [0, 0.1) is 13.8 Å². The first-order valence-electron chi connectivity index (χ1n) is 8.50. The van der Waals surface area contributed by atoms with E-state index in [1.807, 2.05) is 48.9 Å². The predicted octanol–water partition coefficient (Wildman–Crippen LogP) is 5.04. The lowest BCUT2D eigenvalue weighted by molar-refractivity contribution is 0.0988. The van der Waals surface area contributed by atoms with Crippen LogP contribution in [0.3, 0.4) is 0 Å². The molecule has 2 aromatic heterocycles. The van der Waals surface area contributed by atoms with Crippen LogP contribution in [0.5, 0.6) is 0 Å². The highest BCUT2D eigenvalue weighted by molar-refractivity contribution is 8.00. The summed E-state index contributed by atoms with van der Waals surface area (Å²) in [6.45, 7) is 6.97.